The summed E-state index contributed by atoms with van der Waals surface area (Å²) < 4.78 is 13.4. The van der Waals surface area contributed by atoms with E-state index >= 15 is 0 Å². The van der Waals surface area contributed by atoms with Crippen molar-refractivity contribution in [1.82, 2.24) is 0 Å². The van der Waals surface area contributed by atoms with Gasteiger partial charge in [-0.05, 0) is 36.8 Å². The zero-order valence-corrected chi connectivity index (χ0v) is 10.8. The van der Waals surface area contributed by atoms with Crippen LogP contribution in [0.3, 0.4) is 0 Å². The van der Waals surface area contributed by atoms with E-state index in [1.165, 1.54) is 37.1 Å². The second-order valence-electron chi connectivity index (χ2n) is 4.37. The summed E-state index contributed by atoms with van der Waals surface area (Å²) in [6.07, 6.45) is 3.72. The van der Waals surface area contributed by atoms with E-state index in [0.717, 1.165) is 6.54 Å². The van der Waals surface area contributed by atoms with Crippen molar-refractivity contribution >= 4 is 23.4 Å². The quantitative estimate of drug-likeness (QED) is 0.881. The lowest BCUT2D eigenvalue weighted by Gasteiger charge is -2.22. The Balaban J connectivity index is 1.93. The monoisotopic (exact) mass is 269 g/mol. The first-order valence-corrected chi connectivity index (χ1v) is 7.10. The molecule has 1 unspecified atom stereocenters. The van der Waals surface area contributed by atoms with Crippen LogP contribution >= 0.6 is 11.8 Å². The Morgan fingerprint density at radius 3 is 2.94 bits per heavy atom. The number of rotatable bonds is 4. The van der Waals surface area contributed by atoms with Crippen molar-refractivity contribution in [3.8, 4) is 0 Å². The maximum Gasteiger partial charge on any atom is 0.338 e. The number of benzene rings is 1. The molecule has 0 radical (unpaired) electrons. The van der Waals surface area contributed by atoms with Gasteiger partial charge in [0.2, 0.25) is 0 Å². The van der Waals surface area contributed by atoms with Crippen LogP contribution in [0, 0.1) is 5.82 Å². The van der Waals surface area contributed by atoms with Crippen LogP contribution in [0.1, 0.15) is 29.6 Å². The number of hydrogen-bond donors (Lipinski definition) is 2. The molecule has 0 bridgehead atoms. The second-order valence-corrected chi connectivity index (χ2v) is 5.78. The fourth-order valence-electron chi connectivity index (χ4n) is 2.00. The van der Waals surface area contributed by atoms with Crippen LogP contribution in [0.2, 0.25) is 0 Å². The highest BCUT2D eigenvalue weighted by Crippen LogP contribution is 2.25. The molecule has 1 atom stereocenters. The van der Waals surface area contributed by atoms with Crippen molar-refractivity contribution in [1.29, 1.82) is 0 Å². The summed E-state index contributed by atoms with van der Waals surface area (Å²) >= 11 is 1.94. The molecule has 5 heteroatoms. The fraction of sp³-hybridized carbons (Fsp3) is 0.462. The lowest BCUT2D eigenvalue weighted by molar-refractivity contribution is 0.0692. The third-order valence-corrected chi connectivity index (χ3v) is 4.41. The highest BCUT2D eigenvalue weighted by Gasteiger charge is 2.14. The van der Waals surface area contributed by atoms with Crippen LogP contribution in [-0.4, -0.2) is 28.6 Å². The number of anilines is 1. The average Bonchev–Trinajstić information content (AvgIpc) is 2.37. The molecule has 0 amide bonds. The highest BCUT2D eigenvalue weighted by molar-refractivity contribution is 7.99. The topological polar surface area (TPSA) is 49.3 Å². The summed E-state index contributed by atoms with van der Waals surface area (Å²) in [4.78, 5) is 10.7. The molecule has 98 valence electrons. The summed E-state index contributed by atoms with van der Waals surface area (Å²) in [5.41, 5.74) is 0.358. The Morgan fingerprint density at radius 2 is 2.33 bits per heavy atom. The van der Waals surface area contributed by atoms with Gasteiger partial charge in [-0.3, -0.25) is 0 Å². The molecular formula is C13H16FNO2S. The van der Waals surface area contributed by atoms with E-state index in [1.54, 1.807) is 6.07 Å². The molecule has 1 aromatic carbocycles. The van der Waals surface area contributed by atoms with Crippen molar-refractivity contribution in [2.75, 3.05) is 17.6 Å². The molecule has 2 rings (SSSR count). The van der Waals surface area contributed by atoms with E-state index in [2.05, 4.69) is 5.32 Å². The van der Waals surface area contributed by atoms with Gasteiger partial charge < -0.3 is 10.4 Å². The van der Waals surface area contributed by atoms with Crippen molar-refractivity contribution in [3.05, 3.63) is 29.6 Å². The first-order valence-electron chi connectivity index (χ1n) is 6.05. The largest absolute Gasteiger partial charge is 0.478 e. The van der Waals surface area contributed by atoms with Gasteiger partial charge in [-0.25, -0.2) is 9.18 Å². The predicted molar refractivity (Wildman–Crippen MR) is 71.9 cm³/mol. The Morgan fingerprint density at radius 1 is 1.50 bits per heavy atom. The third kappa shape index (κ3) is 3.38. The maximum atomic E-state index is 13.4. The van der Waals surface area contributed by atoms with Gasteiger partial charge in [-0.15, -0.1) is 0 Å². The van der Waals surface area contributed by atoms with E-state index in [0.29, 0.717) is 10.9 Å². The van der Waals surface area contributed by atoms with Gasteiger partial charge >= 0.3 is 5.97 Å². The zero-order valence-electron chi connectivity index (χ0n) is 9.99. The standard InChI is InChI=1S/C13H16FNO2S/c14-12-7-9(4-5-11(12)13(16)17)15-8-10-3-1-2-6-18-10/h4-5,7,10,15H,1-3,6,8H2,(H,16,17). The molecule has 1 aliphatic rings. The Kier molecular flexibility index (Phi) is 4.47. The van der Waals surface area contributed by atoms with Gasteiger partial charge in [0, 0.05) is 17.5 Å². The number of hydrogen-bond acceptors (Lipinski definition) is 3. The number of halogens is 1. The molecule has 0 aliphatic carbocycles. The van der Waals surface area contributed by atoms with Gasteiger partial charge in [-0.2, -0.15) is 11.8 Å². The van der Waals surface area contributed by atoms with Crippen molar-refractivity contribution < 1.29 is 14.3 Å². The molecule has 1 fully saturated rings. The minimum Gasteiger partial charge on any atom is -0.478 e. The van der Waals surface area contributed by atoms with Crippen LogP contribution in [0.4, 0.5) is 10.1 Å². The smallest absolute Gasteiger partial charge is 0.338 e. The second kappa shape index (κ2) is 6.09. The molecule has 18 heavy (non-hydrogen) atoms. The van der Waals surface area contributed by atoms with Gasteiger partial charge in [0.1, 0.15) is 5.82 Å². The third-order valence-electron chi connectivity index (χ3n) is 3.01. The fourth-order valence-corrected chi connectivity index (χ4v) is 3.24. The molecule has 0 aromatic heterocycles. The maximum absolute atomic E-state index is 13.4. The van der Waals surface area contributed by atoms with Gasteiger partial charge in [0.25, 0.3) is 0 Å². The lowest BCUT2D eigenvalue weighted by Crippen LogP contribution is -2.20. The lowest BCUT2D eigenvalue weighted by atomic mass is 10.1. The van der Waals surface area contributed by atoms with Crippen molar-refractivity contribution in [2.45, 2.75) is 24.5 Å². The van der Waals surface area contributed by atoms with Crippen molar-refractivity contribution in [2.24, 2.45) is 0 Å². The van der Waals surface area contributed by atoms with Crippen LogP contribution in [0.5, 0.6) is 0 Å². The first kappa shape index (κ1) is 13.2. The molecule has 1 heterocycles. The van der Waals surface area contributed by atoms with Crippen LogP contribution in [0.25, 0.3) is 0 Å². The zero-order chi connectivity index (χ0) is 13.0. The summed E-state index contributed by atoms with van der Waals surface area (Å²) in [6, 6.07) is 4.16. The van der Waals surface area contributed by atoms with Gasteiger partial charge in [0.15, 0.2) is 0 Å². The Labute approximate surface area is 110 Å². The van der Waals surface area contributed by atoms with E-state index in [-0.39, 0.29) is 5.56 Å². The molecule has 0 spiro atoms. The first-order chi connectivity index (χ1) is 8.66. The molecule has 3 nitrogen and oxygen atoms in total. The van der Waals surface area contributed by atoms with Crippen molar-refractivity contribution in [3.63, 3.8) is 0 Å². The number of carboxylic acids is 1. The number of carbonyl (C=O) groups is 1. The number of aromatic carboxylic acids is 1. The SMILES string of the molecule is O=C(O)c1ccc(NCC2CCCCS2)cc1F. The van der Waals surface area contributed by atoms with Gasteiger partial charge in [-0.1, -0.05) is 6.42 Å². The number of nitrogens with one attached hydrogen (secondary N) is 1. The normalized spacial score (nSPS) is 19.5. The van der Waals surface area contributed by atoms with Crippen LogP contribution in [0.15, 0.2) is 18.2 Å². The molecule has 0 saturated carbocycles. The van der Waals surface area contributed by atoms with E-state index in [4.69, 9.17) is 5.11 Å². The Bertz CT molecular complexity index is 433. The Hall–Kier alpha value is -1.23. The summed E-state index contributed by atoms with van der Waals surface area (Å²) in [5, 5.41) is 12.5. The number of carboxylic acid groups (broad SMARTS) is 1. The summed E-state index contributed by atoms with van der Waals surface area (Å²) in [7, 11) is 0. The molecule has 1 aromatic rings. The van der Waals surface area contributed by atoms with Gasteiger partial charge in [0.05, 0.1) is 5.56 Å². The average molecular weight is 269 g/mol. The van der Waals surface area contributed by atoms with Crippen LogP contribution in [-0.2, 0) is 0 Å². The predicted octanol–water partition coefficient (Wildman–Crippen LogP) is 3.22. The van der Waals surface area contributed by atoms with E-state index in [1.807, 2.05) is 11.8 Å². The molecule has 1 aliphatic heterocycles. The minimum absolute atomic E-state index is 0.285. The minimum atomic E-state index is -1.23. The van der Waals surface area contributed by atoms with Crippen LogP contribution < -0.4 is 5.32 Å². The molecule has 1 saturated heterocycles. The molecule has 2 N–H and O–H groups in total. The summed E-state index contributed by atoms with van der Waals surface area (Å²) in [6.45, 7) is 0.802. The summed E-state index contributed by atoms with van der Waals surface area (Å²) in [5.74, 6) is -0.732. The van der Waals surface area contributed by atoms with E-state index in [9.17, 15) is 9.18 Å². The highest BCUT2D eigenvalue weighted by atomic mass is 32.2. The van der Waals surface area contributed by atoms with E-state index < -0.39 is 11.8 Å². The number of thioether (sulfide) groups is 1. The molecular weight excluding hydrogens is 253 g/mol.